The summed E-state index contributed by atoms with van der Waals surface area (Å²) in [6.07, 6.45) is -0.153. The standard InChI is InChI=1S/C20H16BrClO5/c1-11-14-7-16(22)18(26-10-12-3-5-13(21)6-4-12)9-17(14)27-20(24)15(11)8-19(23)25-2/h3-7,9H,8,10H2,1-2H3. The fraction of sp³-hybridized carbons (Fsp3) is 0.200. The minimum atomic E-state index is -0.577. The highest BCUT2D eigenvalue weighted by atomic mass is 79.9. The maximum absolute atomic E-state index is 12.3. The van der Waals surface area contributed by atoms with E-state index in [4.69, 9.17) is 20.8 Å². The molecule has 2 aromatic carbocycles. The minimum absolute atomic E-state index is 0.153. The van der Waals surface area contributed by atoms with E-state index in [1.54, 1.807) is 19.1 Å². The summed E-state index contributed by atoms with van der Waals surface area (Å²) < 4.78 is 16.8. The molecule has 0 saturated heterocycles. The normalized spacial score (nSPS) is 10.8. The van der Waals surface area contributed by atoms with Crippen molar-refractivity contribution in [3.63, 3.8) is 0 Å². The van der Waals surface area contributed by atoms with Gasteiger partial charge in [-0.25, -0.2) is 4.79 Å². The van der Waals surface area contributed by atoms with Gasteiger partial charge in [0, 0.05) is 15.9 Å². The lowest BCUT2D eigenvalue weighted by Gasteiger charge is -2.12. The lowest BCUT2D eigenvalue weighted by molar-refractivity contribution is -0.139. The highest BCUT2D eigenvalue weighted by Gasteiger charge is 2.17. The van der Waals surface area contributed by atoms with E-state index in [0.717, 1.165) is 10.0 Å². The molecule has 7 heteroatoms. The number of ether oxygens (including phenoxy) is 2. The summed E-state index contributed by atoms with van der Waals surface area (Å²) in [5.74, 6) is -0.0966. The molecule has 0 bridgehead atoms. The van der Waals surface area contributed by atoms with Gasteiger partial charge in [0.1, 0.15) is 17.9 Å². The summed E-state index contributed by atoms with van der Waals surface area (Å²) in [5, 5.41) is 1.04. The van der Waals surface area contributed by atoms with Crippen LogP contribution in [0.5, 0.6) is 5.75 Å². The average Bonchev–Trinajstić information content (AvgIpc) is 2.65. The molecule has 0 radical (unpaired) electrons. The molecule has 27 heavy (non-hydrogen) atoms. The Hall–Kier alpha value is -2.31. The van der Waals surface area contributed by atoms with Crippen molar-refractivity contribution >= 4 is 44.5 Å². The monoisotopic (exact) mass is 450 g/mol. The van der Waals surface area contributed by atoms with Gasteiger partial charge < -0.3 is 13.9 Å². The molecule has 3 aromatic rings. The number of esters is 1. The maximum atomic E-state index is 12.3. The minimum Gasteiger partial charge on any atom is -0.487 e. The summed E-state index contributed by atoms with van der Waals surface area (Å²) in [6.45, 7) is 2.07. The Morgan fingerprint density at radius 3 is 2.59 bits per heavy atom. The Bertz CT molecular complexity index is 1060. The van der Waals surface area contributed by atoms with E-state index < -0.39 is 11.6 Å². The number of carbonyl (C=O) groups excluding carboxylic acids is 1. The predicted octanol–water partition coefficient (Wildman–Crippen LogP) is 4.81. The quantitative estimate of drug-likeness (QED) is 0.411. The van der Waals surface area contributed by atoms with Crippen molar-refractivity contribution < 1.29 is 18.7 Å². The number of methoxy groups -OCH3 is 1. The van der Waals surface area contributed by atoms with Crippen LogP contribution in [0.15, 0.2) is 50.1 Å². The molecule has 0 aliphatic heterocycles. The van der Waals surface area contributed by atoms with Crippen molar-refractivity contribution in [2.45, 2.75) is 20.0 Å². The third-order valence-electron chi connectivity index (χ3n) is 4.20. The van der Waals surface area contributed by atoms with E-state index >= 15 is 0 Å². The first-order valence-corrected chi connectivity index (χ1v) is 9.26. The Labute approximate surface area is 169 Å². The van der Waals surface area contributed by atoms with Gasteiger partial charge in [0.05, 0.1) is 24.1 Å². The molecule has 0 aliphatic carbocycles. The Morgan fingerprint density at radius 2 is 1.93 bits per heavy atom. The van der Waals surface area contributed by atoms with Gasteiger partial charge in [-0.1, -0.05) is 39.7 Å². The first kappa shape index (κ1) is 19.5. The van der Waals surface area contributed by atoms with E-state index in [2.05, 4.69) is 20.7 Å². The number of carbonyl (C=O) groups is 1. The Morgan fingerprint density at radius 1 is 1.22 bits per heavy atom. The van der Waals surface area contributed by atoms with Crippen LogP contribution in [-0.2, 0) is 22.6 Å². The van der Waals surface area contributed by atoms with Crippen LogP contribution >= 0.6 is 27.5 Å². The van der Waals surface area contributed by atoms with Crippen molar-refractivity contribution in [3.8, 4) is 5.75 Å². The molecule has 0 aliphatic rings. The zero-order valence-corrected chi connectivity index (χ0v) is 17.0. The van der Waals surface area contributed by atoms with Crippen LogP contribution in [0, 0.1) is 6.92 Å². The summed E-state index contributed by atoms with van der Waals surface area (Å²) in [6, 6.07) is 11.0. The molecule has 0 unspecified atom stereocenters. The zero-order chi connectivity index (χ0) is 19.6. The molecular formula is C20H16BrClO5. The molecule has 1 heterocycles. The molecule has 0 atom stereocenters. The van der Waals surface area contributed by atoms with Crippen molar-refractivity contribution in [3.05, 3.63) is 73.0 Å². The molecule has 0 fully saturated rings. The van der Waals surface area contributed by atoms with Crippen LogP contribution in [0.2, 0.25) is 5.02 Å². The van der Waals surface area contributed by atoms with Crippen LogP contribution < -0.4 is 10.4 Å². The van der Waals surface area contributed by atoms with Crippen LogP contribution in [0.25, 0.3) is 11.0 Å². The average molecular weight is 452 g/mol. The van der Waals surface area contributed by atoms with E-state index in [-0.39, 0.29) is 12.0 Å². The van der Waals surface area contributed by atoms with E-state index in [9.17, 15) is 9.59 Å². The largest absolute Gasteiger partial charge is 0.487 e. The van der Waals surface area contributed by atoms with Crippen LogP contribution in [0.4, 0.5) is 0 Å². The number of benzene rings is 2. The van der Waals surface area contributed by atoms with Gasteiger partial charge in [0.25, 0.3) is 0 Å². The Balaban J connectivity index is 1.94. The molecule has 5 nitrogen and oxygen atoms in total. The molecule has 0 amide bonds. The number of hydrogen-bond donors (Lipinski definition) is 0. The third-order valence-corrected chi connectivity index (χ3v) is 5.02. The van der Waals surface area contributed by atoms with Gasteiger partial charge in [0.2, 0.25) is 0 Å². The van der Waals surface area contributed by atoms with Crippen molar-refractivity contribution in [2.75, 3.05) is 7.11 Å². The summed E-state index contributed by atoms with van der Waals surface area (Å²) in [5.41, 5.74) is 1.63. The summed E-state index contributed by atoms with van der Waals surface area (Å²) in [7, 11) is 1.27. The van der Waals surface area contributed by atoms with Crippen LogP contribution in [0.3, 0.4) is 0 Å². The van der Waals surface area contributed by atoms with Crippen molar-refractivity contribution in [2.24, 2.45) is 0 Å². The fourth-order valence-electron chi connectivity index (χ4n) is 2.66. The van der Waals surface area contributed by atoms with E-state index in [0.29, 0.717) is 33.9 Å². The lowest BCUT2D eigenvalue weighted by atomic mass is 10.0. The van der Waals surface area contributed by atoms with Gasteiger partial charge in [-0.3, -0.25) is 4.79 Å². The first-order chi connectivity index (χ1) is 12.9. The second-order valence-electron chi connectivity index (χ2n) is 5.94. The SMILES string of the molecule is COC(=O)Cc1c(C)c2cc(Cl)c(OCc3ccc(Br)cc3)cc2oc1=O. The Kier molecular flexibility index (Phi) is 5.87. The number of aryl methyl sites for hydroxylation is 1. The number of rotatable bonds is 5. The summed E-state index contributed by atoms with van der Waals surface area (Å²) >= 11 is 9.73. The second-order valence-corrected chi connectivity index (χ2v) is 7.26. The van der Waals surface area contributed by atoms with Gasteiger partial charge in [0.15, 0.2) is 0 Å². The van der Waals surface area contributed by atoms with Gasteiger partial charge in [-0.05, 0) is 36.2 Å². The molecule has 0 saturated carbocycles. The third kappa shape index (κ3) is 4.34. The predicted molar refractivity (Wildman–Crippen MR) is 106 cm³/mol. The number of fused-ring (bicyclic) bond motifs is 1. The highest BCUT2D eigenvalue weighted by Crippen LogP contribution is 2.32. The molecular weight excluding hydrogens is 436 g/mol. The molecule has 0 N–H and O–H groups in total. The van der Waals surface area contributed by atoms with Crippen molar-refractivity contribution in [1.29, 1.82) is 0 Å². The summed E-state index contributed by atoms with van der Waals surface area (Å²) in [4.78, 5) is 23.8. The zero-order valence-electron chi connectivity index (χ0n) is 14.7. The van der Waals surface area contributed by atoms with E-state index in [1.165, 1.54) is 7.11 Å². The van der Waals surface area contributed by atoms with Gasteiger partial charge >= 0.3 is 11.6 Å². The molecule has 3 rings (SSSR count). The van der Waals surface area contributed by atoms with Crippen LogP contribution in [-0.4, -0.2) is 13.1 Å². The van der Waals surface area contributed by atoms with Crippen LogP contribution in [0.1, 0.15) is 16.7 Å². The molecule has 140 valence electrons. The van der Waals surface area contributed by atoms with Gasteiger partial charge in [-0.2, -0.15) is 0 Å². The van der Waals surface area contributed by atoms with Gasteiger partial charge in [-0.15, -0.1) is 0 Å². The smallest absolute Gasteiger partial charge is 0.340 e. The highest BCUT2D eigenvalue weighted by molar-refractivity contribution is 9.10. The second kappa shape index (κ2) is 8.15. The first-order valence-electron chi connectivity index (χ1n) is 8.09. The van der Waals surface area contributed by atoms with Crippen molar-refractivity contribution in [1.82, 2.24) is 0 Å². The maximum Gasteiger partial charge on any atom is 0.340 e. The number of halogens is 2. The number of hydrogen-bond acceptors (Lipinski definition) is 5. The fourth-order valence-corrected chi connectivity index (χ4v) is 3.15. The topological polar surface area (TPSA) is 65.7 Å². The molecule has 0 spiro atoms. The molecule has 1 aromatic heterocycles. The lowest BCUT2D eigenvalue weighted by Crippen LogP contribution is -2.16. The van der Waals surface area contributed by atoms with E-state index in [1.807, 2.05) is 24.3 Å².